The zero-order valence-electron chi connectivity index (χ0n) is 18.0. The van der Waals surface area contributed by atoms with Crippen molar-refractivity contribution in [3.8, 4) is 11.8 Å². The minimum Gasteiger partial charge on any atom is -0.492 e. The van der Waals surface area contributed by atoms with Gasteiger partial charge in [-0.1, -0.05) is 54.6 Å². The van der Waals surface area contributed by atoms with E-state index in [1.165, 1.54) is 16.8 Å². The molecule has 32 heavy (non-hydrogen) atoms. The van der Waals surface area contributed by atoms with Crippen LogP contribution in [0.5, 0.6) is 5.75 Å². The Morgan fingerprint density at radius 2 is 1.38 bits per heavy atom. The fourth-order valence-electron chi connectivity index (χ4n) is 3.84. The van der Waals surface area contributed by atoms with E-state index in [1.807, 2.05) is 18.2 Å². The largest absolute Gasteiger partial charge is 0.492 e. The Bertz CT molecular complexity index is 982. The predicted molar refractivity (Wildman–Crippen MR) is 135 cm³/mol. The van der Waals surface area contributed by atoms with Crippen molar-refractivity contribution in [3.63, 3.8) is 0 Å². The number of para-hydroxylation sites is 2. The number of nitriles is 1. The van der Waals surface area contributed by atoms with E-state index in [1.54, 1.807) is 6.07 Å². The van der Waals surface area contributed by atoms with Crippen molar-refractivity contribution in [3.05, 3.63) is 95.6 Å². The van der Waals surface area contributed by atoms with Gasteiger partial charge in [0.1, 0.15) is 11.8 Å². The van der Waals surface area contributed by atoms with Gasteiger partial charge in [0.15, 0.2) is 0 Å². The van der Waals surface area contributed by atoms with Gasteiger partial charge in [-0.3, -0.25) is 4.90 Å². The van der Waals surface area contributed by atoms with Crippen LogP contribution < -0.4 is 9.64 Å². The summed E-state index contributed by atoms with van der Waals surface area (Å²) in [4.78, 5) is 4.99. The van der Waals surface area contributed by atoms with Gasteiger partial charge >= 0.3 is 0 Å². The summed E-state index contributed by atoms with van der Waals surface area (Å²) in [6.45, 7) is 5.88. The molecule has 0 aromatic heterocycles. The number of halogens is 2. The van der Waals surface area contributed by atoms with Crippen LogP contribution in [0.15, 0.2) is 78.9 Å². The molecule has 0 aliphatic carbocycles. The number of ether oxygens (including phenoxy) is 1. The van der Waals surface area contributed by atoms with Crippen molar-refractivity contribution in [2.45, 2.75) is 13.0 Å². The second-order valence-corrected chi connectivity index (χ2v) is 7.62. The quantitative estimate of drug-likeness (QED) is 0.467. The molecule has 168 valence electrons. The van der Waals surface area contributed by atoms with E-state index >= 15 is 0 Å². The molecule has 4 rings (SSSR count). The van der Waals surface area contributed by atoms with Crippen LogP contribution in [0.4, 0.5) is 5.69 Å². The Kier molecular flexibility index (Phi) is 10.4. The average Bonchev–Trinajstić information content (AvgIpc) is 2.82. The number of nitrogens with zero attached hydrogens (tertiary/aromatic N) is 3. The summed E-state index contributed by atoms with van der Waals surface area (Å²) in [7, 11) is 0. The van der Waals surface area contributed by atoms with Gasteiger partial charge in [0.05, 0.1) is 12.2 Å². The molecule has 0 amide bonds. The number of rotatable bonds is 7. The number of hydrogen-bond acceptors (Lipinski definition) is 4. The molecule has 3 aromatic rings. The fraction of sp³-hybridized carbons (Fsp3) is 0.269. The highest BCUT2D eigenvalue weighted by Crippen LogP contribution is 2.18. The Balaban J connectivity index is 0.00000181. The van der Waals surface area contributed by atoms with Crippen molar-refractivity contribution < 1.29 is 4.74 Å². The Morgan fingerprint density at radius 1 is 0.750 bits per heavy atom. The molecule has 6 heteroatoms. The molecule has 1 saturated heterocycles. The van der Waals surface area contributed by atoms with Gasteiger partial charge in [-0.25, -0.2) is 0 Å². The maximum absolute atomic E-state index is 9.14. The van der Waals surface area contributed by atoms with Crippen LogP contribution in [-0.2, 0) is 13.0 Å². The maximum atomic E-state index is 9.14. The molecule has 0 unspecified atom stereocenters. The number of anilines is 1. The first-order valence-electron chi connectivity index (χ1n) is 10.5. The zero-order valence-corrected chi connectivity index (χ0v) is 19.7. The minimum atomic E-state index is 0. The van der Waals surface area contributed by atoms with E-state index in [2.05, 4.69) is 70.5 Å². The fourth-order valence-corrected chi connectivity index (χ4v) is 3.84. The smallest absolute Gasteiger partial charge is 0.137 e. The summed E-state index contributed by atoms with van der Waals surface area (Å²) in [5, 5.41) is 9.14. The third-order valence-corrected chi connectivity index (χ3v) is 5.58. The van der Waals surface area contributed by atoms with Gasteiger partial charge in [0, 0.05) is 44.8 Å². The van der Waals surface area contributed by atoms with Crippen LogP contribution in [0.1, 0.15) is 16.7 Å². The molecule has 0 bridgehead atoms. The maximum Gasteiger partial charge on any atom is 0.137 e. The van der Waals surface area contributed by atoms with Gasteiger partial charge in [0.2, 0.25) is 0 Å². The van der Waals surface area contributed by atoms with E-state index in [4.69, 9.17) is 10.00 Å². The first-order chi connectivity index (χ1) is 14.8. The highest BCUT2D eigenvalue weighted by molar-refractivity contribution is 5.85. The Hall–Kier alpha value is -2.71. The zero-order chi connectivity index (χ0) is 20.6. The topological polar surface area (TPSA) is 39.5 Å². The second kappa shape index (κ2) is 13.0. The number of benzene rings is 3. The third kappa shape index (κ3) is 6.90. The molecule has 1 aliphatic heterocycles. The van der Waals surface area contributed by atoms with Crippen molar-refractivity contribution in [1.29, 1.82) is 5.26 Å². The molecule has 0 spiro atoms. The van der Waals surface area contributed by atoms with Crippen LogP contribution in [0, 0.1) is 11.3 Å². The van der Waals surface area contributed by atoms with Crippen LogP contribution in [0.25, 0.3) is 0 Å². The van der Waals surface area contributed by atoms with E-state index in [0.717, 1.165) is 39.1 Å². The normalized spacial score (nSPS) is 13.4. The molecule has 0 saturated carbocycles. The van der Waals surface area contributed by atoms with E-state index < -0.39 is 0 Å². The molecular formula is C26H29Cl2N3O. The van der Waals surface area contributed by atoms with E-state index in [9.17, 15) is 0 Å². The summed E-state index contributed by atoms with van der Waals surface area (Å²) in [5.74, 6) is 0.659. The molecule has 3 aromatic carbocycles. The third-order valence-electron chi connectivity index (χ3n) is 5.58. The standard InChI is InChI=1S/C26H27N3O.2ClH/c27-20-24-6-4-5-9-26(24)30-19-14-22-10-12-23(13-11-22)21-28-15-17-29(18-16-28)25-7-2-1-3-8-25;;/h1-13H,14-19,21H2;2*1H. The van der Waals surface area contributed by atoms with Gasteiger partial charge in [-0.2, -0.15) is 5.26 Å². The number of piperazine rings is 1. The van der Waals surface area contributed by atoms with E-state index in [0.29, 0.717) is 17.9 Å². The minimum absolute atomic E-state index is 0. The highest BCUT2D eigenvalue weighted by atomic mass is 35.5. The van der Waals surface area contributed by atoms with Crippen LogP contribution >= 0.6 is 24.8 Å². The molecule has 0 atom stereocenters. The van der Waals surface area contributed by atoms with Gasteiger partial charge in [-0.15, -0.1) is 24.8 Å². The van der Waals surface area contributed by atoms with Crippen molar-refractivity contribution >= 4 is 30.5 Å². The molecule has 1 aliphatic rings. The van der Waals surface area contributed by atoms with Gasteiger partial charge in [-0.05, 0) is 35.4 Å². The lowest BCUT2D eigenvalue weighted by molar-refractivity contribution is 0.250. The first kappa shape index (κ1) is 25.5. The van der Waals surface area contributed by atoms with Gasteiger partial charge in [0.25, 0.3) is 0 Å². The summed E-state index contributed by atoms with van der Waals surface area (Å²) in [5.41, 5.74) is 4.51. The summed E-state index contributed by atoms with van der Waals surface area (Å²) in [6, 6.07) is 29.0. The number of hydrogen-bond donors (Lipinski definition) is 0. The summed E-state index contributed by atoms with van der Waals surface area (Å²) >= 11 is 0. The lowest BCUT2D eigenvalue weighted by Crippen LogP contribution is -2.45. The second-order valence-electron chi connectivity index (χ2n) is 7.62. The molecule has 4 nitrogen and oxygen atoms in total. The summed E-state index contributed by atoms with van der Waals surface area (Å²) < 4.78 is 5.79. The molecule has 1 fully saturated rings. The molecule has 0 N–H and O–H groups in total. The molecular weight excluding hydrogens is 441 g/mol. The average molecular weight is 470 g/mol. The van der Waals surface area contributed by atoms with Gasteiger partial charge < -0.3 is 9.64 Å². The monoisotopic (exact) mass is 469 g/mol. The van der Waals surface area contributed by atoms with Crippen molar-refractivity contribution in [2.24, 2.45) is 0 Å². The van der Waals surface area contributed by atoms with Crippen LogP contribution in [0.3, 0.4) is 0 Å². The molecule has 0 radical (unpaired) electrons. The van der Waals surface area contributed by atoms with Crippen LogP contribution in [0.2, 0.25) is 0 Å². The first-order valence-corrected chi connectivity index (χ1v) is 10.5. The van der Waals surface area contributed by atoms with Crippen molar-refractivity contribution in [2.75, 3.05) is 37.7 Å². The highest BCUT2D eigenvalue weighted by Gasteiger charge is 2.17. The summed E-state index contributed by atoms with van der Waals surface area (Å²) in [6.07, 6.45) is 0.829. The SMILES string of the molecule is Cl.Cl.N#Cc1ccccc1OCCc1ccc(CN2CCN(c3ccccc3)CC2)cc1. The Morgan fingerprint density at radius 3 is 2.06 bits per heavy atom. The van der Waals surface area contributed by atoms with Crippen molar-refractivity contribution in [1.82, 2.24) is 4.90 Å². The van der Waals surface area contributed by atoms with E-state index in [-0.39, 0.29) is 24.8 Å². The van der Waals surface area contributed by atoms with Crippen LogP contribution in [-0.4, -0.2) is 37.7 Å². The lowest BCUT2D eigenvalue weighted by Gasteiger charge is -2.36. The molecule has 1 heterocycles. The lowest BCUT2D eigenvalue weighted by atomic mass is 10.1. The Labute approximate surface area is 203 Å². The predicted octanol–water partition coefficient (Wildman–Crippen LogP) is 5.35.